The zero-order chi connectivity index (χ0) is 9.05. The van der Waals surface area contributed by atoms with Gasteiger partial charge in [0, 0.05) is 12.0 Å². The second-order valence-corrected chi connectivity index (χ2v) is 3.67. The Hall–Kier alpha value is -1.45. The molecule has 4 aliphatic rings. The van der Waals surface area contributed by atoms with Crippen LogP contribution in [0.4, 0.5) is 0 Å². The van der Waals surface area contributed by atoms with E-state index in [-0.39, 0.29) is 5.76 Å². The fourth-order valence-electron chi connectivity index (χ4n) is 1.91. The van der Waals surface area contributed by atoms with Gasteiger partial charge < -0.3 is 15.2 Å². The predicted molar refractivity (Wildman–Crippen MR) is 43.5 cm³/mol. The van der Waals surface area contributed by atoms with E-state index in [0.717, 1.165) is 19.1 Å². The second-order valence-electron chi connectivity index (χ2n) is 3.67. The topological polar surface area (TPSA) is 58.6 Å². The maximum atomic E-state index is 10.5. The lowest BCUT2D eigenvalue weighted by molar-refractivity contribution is -0.115. The molecule has 0 aromatic heterocycles. The summed E-state index contributed by atoms with van der Waals surface area (Å²) in [5.74, 6) is 1.01. The van der Waals surface area contributed by atoms with Crippen LogP contribution in [0.3, 0.4) is 0 Å². The molecule has 13 heavy (non-hydrogen) atoms. The van der Waals surface area contributed by atoms with Crippen LogP contribution in [0.15, 0.2) is 23.3 Å². The summed E-state index contributed by atoms with van der Waals surface area (Å²) in [5, 5.41) is 12.6. The average Bonchev–Trinajstić information content (AvgIpc) is 3.00. The lowest BCUT2D eigenvalue weighted by Crippen LogP contribution is -2.59. The molecule has 4 rings (SSSR count). The maximum Gasteiger partial charge on any atom is 0.245 e. The molecule has 1 atom stereocenters. The van der Waals surface area contributed by atoms with Crippen molar-refractivity contribution in [1.29, 1.82) is 0 Å². The van der Waals surface area contributed by atoms with Gasteiger partial charge in [-0.1, -0.05) is 0 Å². The number of rotatable bonds is 2. The van der Waals surface area contributed by atoms with E-state index in [9.17, 15) is 9.90 Å². The Morgan fingerprint density at radius 2 is 2.46 bits per heavy atom. The Morgan fingerprint density at radius 1 is 1.69 bits per heavy atom. The molecular weight excluding hydrogens is 170 g/mol. The van der Waals surface area contributed by atoms with Crippen molar-refractivity contribution in [1.82, 2.24) is 5.32 Å². The number of aliphatic hydroxyl groups excluding tert-OH is 1. The van der Waals surface area contributed by atoms with Gasteiger partial charge >= 0.3 is 0 Å². The number of dihydropyridines is 1. The Kier molecular flexibility index (Phi) is 1.02. The molecule has 0 amide bonds. The van der Waals surface area contributed by atoms with Crippen molar-refractivity contribution < 1.29 is 14.6 Å². The van der Waals surface area contributed by atoms with Gasteiger partial charge in [0.1, 0.15) is 0 Å². The predicted octanol–water partition coefficient (Wildman–Crippen LogP) is 0.578. The highest BCUT2D eigenvalue weighted by molar-refractivity contribution is 5.75. The lowest BCUT2D eigenvalue weighted by atomic mass is 9.95. The van der Waals surface area contributed by atoms with Gasteiger partial charge in [0.15, 0.2) is 12.0 Å². The van der Waals surface area contributed by atoms with Crippen molar-refractivity contribution in [2.75, 3.05) is 0 Å². The molecule has 4 heteroatoms. The molecule has 2 N–H and O–H groups in total. The van der Waals surface area contributed by atoms with E-state index in [4.69, 9.17) is 4.74 Å². The molecule has 1 saturated carbocycles. The van der Waals surface area contributed by atoms with Crippen molar-refractivity contribution in [3.05, 3.63) is 23.3 Å². The Labute approximate surface area is 74.9 Å². The van der Waals surface area contributed by atoms with Crippen LogP contribution in [0.2, 0.25) is 0 Å². The van der Waals surface area contributed by atoms with Crippen molar-refractivity contribution in [2.24, 2.45) is 5.92 Å². The van der Waals surface area contributed by atoms with Crippen LogP contribution in [0.1, 0.15) is 12.8 Å². The van der Waals surface area contributed by atoms with Gasteiger partial charge in [-0.2, -0.15) is 0 Å². The van der Waals surface area contributed by atoms with Crippen LogP contribution in [0, 0.1) is 5.92 Å². The first kappa shape index (κ1) is 7.00. The molecule has 0 radical (unpaired) electrons. The number of ether oxygens (including phenoxy) is 1. The quantitative estimate of drug-likeness (QED) is 0.609. The zero-order valence-corrected chi connectivity index (χ0v) is 6.91. The van der Waals surface area contributed by atoms with E-state index in [1.807, 2.05) is 0 Å². The molecule has 2 bridgehead atoms. The summed E-state index contributed by atoms with van der Waals surface area (Å²) >= 11 is 0. The average molecular weight is 179 g/mol. The summed E-state index contributed by atoms with van der Waals surface area (Å²) in [5.41, 5.74) is -0.258. The minimum absolute atomic E-state index is 0.251. The summed E-state index contributed by atoms with van der Waals surface area (Å²) in [6.07, 6.45) is 4.34. The second kappa shape index (κ2) is 1.89. The first-order valence-electron chi connectivity index (χ1n) is 4.34. The highest BCUT2D eigenvalue weighted by atomic mass is 16.6. The molecule has 68 valence electrons. The number of hydrogen-bond donors (Lipinski definition) is 2. The number of fused-ring (bicyclic) bond motifs is 1. The first-order chi connectivity index (χ1) is 6.26. The van der Waals surface area contributed by atoms with Crippen LogP contribution in [0.5, 0.6) is 0 Å². The van der Waals surface area contributed by atoms with E-state index in [1.54, 1.807) is 0 Å². The van der Waals surface area contributed by atoms with Gasteiger partial charge in [-0.15, -0.1) is 0 Å². The number of aliphatic hydroxyl groups is 1. The third kappa shape index (κ3) is 0.685. The third-order valence-electron chi connectivity index (χ3n) is 2.75. The van der Waals surface area contributed by atoms with Gasteiger partial charge in [-0.3, -0.25) is 4.79 Å². The van der Waals surface area contributed by atoms with Crippen LogP contribution < -0.4 is 5.32 Å². The monoisotopic (exact) mass is 179 g/mol. The summed E-state index contributed by atoms with van der Waals surface area (Å²) in [4.78, 5) is 10.5. The third-order valence-corrected chi connectivity index (χ3v) is 2.75. The molecule has 1 fully saturated rings. The number of hydrogen-bond acceptors (Lipinski definition) is 4. The summed E-state index contributed by atoms with van der Waals surface area (Å²) in [7, 11) is 0. The van der Waals surface area contributed by atoms with E-state index in [0.29, 0.717) is 17.4 Å². The summed E-state index contributed by atoms with van der Waals surface area (Å²) < 4.78 is 5.41. The highest BCUT2D eigenvalue weighted by Gasteiger charge is 2.60. The zero-order valence-electron chi connectivity index (χ0n) is 6.91. The molecular formula is C9H9NO3. The van der Waals surface area contributed by atoms with Gasteiger partial charge in [0.25, 0.3) is 0 Å². The van der Waals surface area contributed by atoms with E-state index >= 15 is 0 Å². The standard InChI is InChI=1S/C9H9NO3/c11-4-6-3-7-8(12)9(10-6,13-7)5-1-2-5/h3-5,10,12H,1-2H2. The SMILES string of the molecule is O=CC1=CC2=C(O)C(C3CC3)(N1)O2. The van der Waals surface area contributed by atoms with Gasteiger partial charge in [0.2, 0.25) is 11.5 Å². The van der Waals surface area contributed by atoms with Gasteiger partial charge in [-0.25, -0.2) is 0 Å². The number of allylic oxidation sites excluding steroid dienone is 2. The molecule has 0 aromatic rings. The smallest absolute Gasteiger partial charge is 0.245 e. The van der Waals surface area contributed by atoms with Crippen molar-refractivity contribution >= 4 is 6.29 Å². The summed E-state index contributed by atoms with van der Waals surface area (Å²) in [6, 6.07) is 0. The molecule has 3 heterocycles. The molecule has 0 spiro atoms. The van der Waals surface area contributed by atoms with Gasteiger partial charge in [0.05, 0.1) is 5.70 Å². The molecule has 4 nitrogen and oxygen atoms in total. The molecule has 3 aliphatic heterocycles. The summed E-state index contributed by atoms with van der Waals surface area (Å²) in [6.45, 7) is 0. The highest BCUT2D eigenvalue weighted by Crippen LogP contribution is 2.52. The normalized spacial score (nSPS) is 35.5. The lowest BCUT2D eigenvalue weighted by Gasteiger charge is -2.46. The minimum Gasteiger partial charge on any atom is -0.504 e. The molecule has 1 aliphatic carbocycles. The number of carbonyl (C=O) groups excluding carboxylic acids is 1. The van der Waals surface area contributed by atoms with Gasteiger partial charge in [-0.05, 0) is 12.8 Å². The van der Waals surface area contributed by atoms with Crippen LogP contribution in [-0.4, -0.2) is 17.1 Å². The number of nitrogens with one attached hydrogen (secondary N) is 1. The Balaban J connectivity index is 2.01. The largest absolute Gasteiger partial charge is 0.504 e. The Morgan fingerprint density at radius 3 is 3.00 bits per heavy atom. The van der Waals surface area contributed by atoms with Crippen LogP contribution in [0.25, 0.3) is 0 Å². The van der Waals surface area contributed by atoms with Crippen molar-refractivity contribution in [2.45, 2.75) is 18.6 Å². The fourth-order valence-corrected chi connectivity index (χ4v) is 1.91. The number of aldehydes is 1. The number of carbonyl (C=O) groups is 1. The Bertz CT molecular complexity index is 354. The molecule has 1 unspecified atom stereocenters. The maximum absolute atomic E-state index is 10.5. The van der Waals surface area contributed by atoms with Crippen LogP contribution in [-0.2, 0) is 9.53 Å². The molecule has 0 aromatic carbocycles. The van der Waals surface area contributed by atoms with E-state index < -0.39 is 5.72 Å². The minimum atomic E-state index is -0.750. The van der Waals surface area contributed by atoms with E-state index in [2.05, 4.69) is 5.32 Å². The van der Waals surface area contributed by atoms with Crippen molar-refractivity contribution in [3.8, 4) is 0 Å². The molecule has 0 saturated heterocycles. The first-order valence-corrected chi connectivity index (χ1v) is 4.34. The van der Waals surface area contributed by atoms with Crippen molar-refractivity contribution in [3.63, 3.8) is 0 Å². The van der Waals surface area contributed by atoms with E-state index in [1.165, 1.54) is 6.08 Å². The fraction of sp³-hybridized carbons (Fsp3) is 0.444. The van der Waals surface area contributed by atoms with Crippen LogP contribution >= 0.6 is 0 Å².